The average molecular weight is 437 g/mol. The molecule has 3 fully saturated rings. The molecule has 0 aromatic heterocycles. The maximum atomic E-state index is 12.8. The minimum absolute atomic E-state index is 0.103. The van der Waals surface area contributed by atoms with Gasteiger partial charge in [-0.25, -0.2) is 4.79 Å². The van der Waals surface area contributed by atoms with E-state index in [-0.39, 0.29) is 51.1 Å². The molecule has 0 aromatic rings. The summed E-state index contributed by atoms with van der Waals surface area (Å²) in [4.78, 5) is 38.5. The van der Waals surface area contributed by atoms with Crippen molar-refractivity contribution in [2.45, 2.75) is 42.4 Å². The molecule has 3 rings (SSSR count). The monoisotopic (exact) mass is 435 g/mol. The van der Waals surface area contributed by atoms with Crippen LogP contribution in [-0.2, 0) is 14.4 Å². The van der Waals surface area contributed by atoms with Gasteiger partial charge in [-0.3, -0.25) is 14.5 Å². The van der Waals surface area contributed by atoms with Crippen molar-refractivity contribution in [3.8, 4) is 0 Å². The lowest BCUT2D eigenvalue weighted by Gasteiger charge is -2.28. The van der Waals surface area contributed by atoms with Gasteiger partial charge in [0.2, 0.25) is 11.8 Å². The number of hydrogen-bond acceptors (Lipinski definition) is 3. The highest BCUT2D eigenvalue weighted by Gasteiger charge is 2.67. The van der Waals surface area contributed by atoms with E-state index < -0.39 is 12.0 Å². The van der Waals surface area contributed by atoms with E-state index in [1.165, 1.54) is 0 Å². The van der Waals surface area contributed by atoms with Crippen molar-refractivity contribution < 1.29 is 19.5 Å². The van der Waals surface area contributed by atoms with E-state index in [9.17, 15) is 19.5 Å². The molecule has 7 atom stereocenters. The van der Waals surface area contributed by atoms with Gasteiger partial charge >= 0.3 is 5.97 Å². The number of likely N-dealkylation sites (tertiary alicyclic amines) is 1. The topological polar surface area (TPSA) is 74.7 Å². The average Bonchev–Trinajstić information content (AvgIpc) is 3.02. The molecule has 1 saturated heterocycles. The SMILES string of the molecule is CC(C)C[C@H](C(=O)O)N1C(=O)[C@@H]2[C@@H]3C[C@@H]([C@@H](Br)[C@@H]3Br)[C@@H]2C1=O. The third-order valence-corrected chi connectivity index (χ3v) is 8.52. The zero-order chi connectivity index (χ0) is 16.3. The van der Waals surface area contributed by atoms with Crippen molar-refractivity contribution in [2.75, 3.05) is 0 Å². The second-order valence-electron chi connectivity index (χ2n) is 7.03. The standard InChI is InChI=1S/C15H19Br2NO4/c1-5(2)3-8(15(21)22)18-13(19)9-6-4-7(10(9)14(18)20)12(17)11(6)16/h5-12H,3-4H2,1-2H3,(H,21,22)/t6-,7+,8-,9+,10-,11-,12-/m1/s1. The van der Waals surface area contributed by atoms with Crippen LogP contribution in [0.3, 0.4) is 0 Å². The summed E-state index contributed by atoms with van der Waals surface area (Å²) >= 11 is 7.25. The van der Waals surface area contributed by atoms with Crippen LogP contribution in [0.15, 0.2) is 0 Å². The normalized spacial score (nSPS) is 41.4. The van der Waals surface area contributed by atoms with Crippen molar-refractivity contribution in [1.82, 2.24) is 4.90 Å². The minimum atomic E-state index is -1.09. The van der Waals surface area contributed by atoms with Crippen LogP contribution in [-0.4, -0.2) is 43.5 Å². The molecule has 7 heteroatoms. The molecular weight excluding hydrogens is 418 g/mol. The molecule has 2 aliphatic carbocycles. The van der Waals surface area contributed by atoms with Crippen LogP contribution in [0.4, 0.5) is 0 Å². The first-order valence-corrected chi connectivity index (χ1v) is 9.46. The van der Waals surface area contributed by atoms with Crippen molar-refractivity contribution in [2.24, 2.45) is 29.6 Å². The molecule has 2 bridgehead atoms. The maximum absolute atomic E-state index is 12.8. The van der Waals surface area contributed by atoms with Crippen LogP contribution >= 0.6 is 31.9 Å². The lowest BCUT2D eigenvalue weighted by molar-refractivity contribution is -0.156. The molecule has 3 aliphatic rings. The fraction of sp³-hybridized carbons (Fsp3) is 0.800. The van der Waals surface area contributed by atoms with E-state index in [1.807, 2.05) is 13.8 Å². The zero-order valence-corrected chi connectivity index (χ0v) is 15.6. The van der Waals surface area contributed by atoms with E-state index >= 15 is 0 Å². The smallest absolute Gasteiger partial charge is 0.326 e. The van der Waals surface area contributed by atoms with Gasteiger partial charge in [0.1, 0.15) is 6.04 Å². The number of carbonyl (C=O) groups excluding carboxylic acids is 2. The Hall–Kier alpha value is -0.430. The molecule has 0 unspecified atom stereocenters. The van der Waals surface area contributed by atoms with E-state index in [0.717, 1.165) is 11.3 Å². The summed E-state index contributed by atoms with van der Waals surface area (Å²) in [5.41, 5.74) is 0. The lowest BCUT2D eigenvalue weighted by Crippen LogP contribution is -2.47. The largest absolute Gasteiger partial charge is 0.480 e. The Morgan fingerprint density at radius 3 is 2.00 bits per heavy atom. The molecule has 1 heterocycles. The van der Waals surface area contributed by atoms with Crippen LogP contribution in [0.25, 0.3) is 0 Å². The van der Waals surface area contributed by atoms with Gasteiger partial charge in [0.25, 0.3) is 0 Å². The zero-order valence-electron chi connectivity index (χ0n) is 12.4. The molecule has 2 amide bonds. The molecule has 5 nitrogen and oxygen atoms in total. The second kappa shape index (κ2) is 5.58. The van der Waals surface area contributed by atoms with Gasteiger partial charge in [-0.15, -0.1) is 0 Å². The highest BCUT2D eigenvalue weighted by molar-refractivity contribution is 9.12. The van der Waals surface area contributed by atoms with Crippen molar-refractivity contribution in [1.29, 1.82) is 0 Å². The predicted octanol–water partition coefficient (Wildman–Crippen LogP) is 2.26. The van der Waals surface area contributed by atoms with Crippen LogP contribution in [0.1, 0.15) is 26.7 Å². The second-order valence-corrected chi connectivity index (χ2v) is 9.15. The van der Waals surface area contributed by atoms with Crippen molar-refractivity contribution in [3.05, 3.63) is 0 Å². The quantitative estimate of drug-likeness (QED) is 0.541. The van der Waals surface area contributed by atoms with E-state index in [2.05, 4.69) is 31.9 Å². The summed E-state index contributed by atoms with van der Waals surface area (Å²) in [6.45, 7) is 3.79. The van der Waals surface area contributed by atoms with E-state index in [1.54, 1.807) is 0 Å². The van der Waals surface area contributed by atoms with Crippen molar-refractivity contribution >= 4 is 49.6 Å². The van der Waals surface area contributed by atoms with Gasteiger partial charge in [0.15, 0.2) is 0 Å². The summed E-state index contributed by atoms with van der Waals surface area (Å²) in [7, 11) is 0. The molecule has 22 heavy (non-hydrogen) atoms. The first-order valence-electron chi connectivity index (χ1n) is 7.63. The number of imide groups is 1. The summed E-state index contributed by atoms with van der Waals surface area (Å²) in [5, 5.41) is 9.47. The summed E-state index contributed by atoms with van der Waals surface area (Å²) in [6.07, 6.45) is 1.16. The van der Waals surface area contributed by atoms with Crippen molar-refractivity contribution in [3.63, 3.8) is 0 Å². The first kappa shape index (κ1) is 16.4. The van der Waals surface area contributed by atoms with Gasteiger partial charge in [-0.2, -0.15) is 0 Å². The molecule has 1 aliphatic heterocycles. The van der Waals surface area contributed by atoms with Gasteiger partial charge in [-0.1, -0.05) is 45.7 Å². The Morgan fingerprint density at radius 1 is 1.18 bits per heavy atom. The van der Waals surface area contributed by atoms with Crippen LogP contribution < -0.4 is 0 Å². The highest BCUT2D eigenvalue weighted by Crippen LogP contribution is 2.60. The fourth-order valence-corrected chi connectivity index (χ4v) is 6.32. The van der Waals surface area contributed by atoms with Gasteiger partial charge in [0, 0.05) is 9.65 Å². The number of hydrogen-bond donors (Lipinski definition) is 1. The van der Waals surface area contributed by atoms with Gasteiger partial charge < -0.3 is 5.11 Å². The number of carboxylic acid groups (broad SMARTS) is 1. The number of amides is 2. The fourth-order valence-electron chi connectivity index (χ4n) is 4.44. The van der Waals surface area contributed by atoms with E-state index in [0.29, 0.717) is 6.42 Å². The molecule has 0 radical (unpaired) electrons. The number of alkyl halides is 2. The molecular formula is C15H19Br2NO4. The Balaban J connectivity index is 1.92. The molecule has 0 aromatic carbocycles. The Kier molecular flexibility index (Phi) is 4.17. The first-order chi connectivity index (χ1) is 10.3. The Labute approximate surface area is 146 Å². The van der Waals surface area contributed by atoms with Gasteiger partial charge in [0.05, 0.1) is 11.8 Å². The number of aliphatic carboxylic acids is 1. The number of carbonyl (C=O) groups is 3. The number of halogens is 2. The maximum Gasteiger partial charge on any atom is 0.326 e. The number of fused-ring (bicyclic) bond motifs is 5. The van der Waals surface area contributed by atoms with Crippen LogP contribution in [0, 0.1) is 29.6 Å². The van der Waals surface area contributed by atoms with Crippen LogP contribution in [0.2, 0.25) is 0 Å². The van der Waals surface area contributed by atoms with Gasteiger partial charge in [-0.05, 0) is 30.6 Å². The lowest BCUT2D eigenvalue weighted by atomic mass is 9.81. The van der Waals surface area contributed by atoms with Crippen LogP contribution in [0.5, 0.6) is 0 Å². The molecule has 1 N–H and O–H groups in total. The Morgan fingerprint density at radius 2 is 1.64 bits per heavy atom. The Bertz CT molecular complexity index is 506. The highest BCUT2D eigenvalue weighted by atomic mass is 79.9. The number of nitrogens with zero attached hydrogens (tertiary/aromatic N) is 1. The summed E-state index contributed by atoms with van der Waals surface area (Å²) in [5.74, 6) is -1.99. The summed E-state index contributed by atoms with van der Waals surface area (Å²) < 4.78 is 0. The third-order valence-electron chi connectivity index (χ3n) is 5.31. The number of carboxylic acids is 1. The molecule has 122 valence electrons. The minimum Gasteiger partial charge on any atom is -0.480 e. The third kappa shape index (κ3) is 2.19. The van der Waals surface area contributed by atoms with E-state index in [4.69, 9.17) is 0 Å². The predicted molar refractivity (Wildman–Crippen MR) is 86.7 cm³/mol. The molecule has 0 spiro atoms. The molecule has 2 saturated carbocycles. The summed E-state index contributed by atoms with van der Waals surface area (Å²) in [6, 6.07) is -1.03. The number of rotatable bonds is 4.